The quantitative estimate of drug-likeness (QED) is 0.606. The lowest BCUT2D eigenvalue weighted by molar-refractivity contribution is -0.0531. The van der Waals surface area contributed by atoms with Gasteiger partial charge in [0.15, 0.2) is 6.29 Å². The Morgan fingerprint density at radius 2 is 1.97 bits per heavy atom. The zero-order valence-electron chi connectivity index (χ0n) is 17.8. The standard InChI is InChI=1S/C21H26ClN3O6S/c1-25-21(27)15(13-23-25)20(26)14-5-6-16(29-8-7-17-30-9-10-31-17)19(18(14)22)24-32(28)11-3-2-4-12-32/h5-6,13,17,23H,2-4,7-12H2,1H3. The van der Waals surface area contributed by atoms with Crippen LogP contribution in [0.15, 0.2) is 27.5 Å². The highest BCUT2D eigenvalue weighted by Crippen LogP contribution is 2.40. The molecule has 0 radical (unpaired) electrons. The summed E-state index contributed by atoms with van der Waals surface area (Å²) < 4.78 is 35.8. The summed E-state index contributed by atoms with van der Waals surface area (Å²) in [4.78, 5) is 25.3. The molecule has 11 heteroatoms. The molecule has 2 aliphatic rings. The molecule has 3 heterocycles. The smallest absolute Gasteiger partial charge is 0.277 e. The van der Waals surface area contributed by atoms with Crippen LogP contribution in [0.5, 0.6) is 5.75 Å². The van der Waals surface area contributed by atoms with E-state index in [2.05, 4.69) is 9.46 Å². The average molecular weight is 484 g/mol. The monoisotopic (exact) mass is 483 g/mol. The first-order valence-electron chi connectivity index (χ1n) is 10.6. The van der Waals surface area contributed by atoms with Crippen LogP contribution in [0, 0.1) is 0 Å². The number of hydrogen-bond acceptors (Lipinski definition) is 7. The maximum Gasteiger partial charge on any atom is 0.277 e. The summed E-state index contributed by atoms with van der Waals surface area (Å²) in [5.41, 5.74) is -0.202. The minimum Gasteiger partial charge on any atom is -0.491 e. The molecule has 1 N–H and O–H groups in total. The van der Waals surface area contributed by atoms with Gasteiger partial charge in [-0.3, -0.25) is 14.3 Å². The van der Waals surface area contributed by atoms with Crippen LogP contribution in [0.4, 0.5) is 5.69 Å². The number of benzene rings is 1. The molecule has 4 rings (SSSR count). The number of aromatic amines is 1. The molecule has 2 aromatic rings. The summed E-state index contributed by atoms with van der Waals surface area (Å²) in [6.07, 6.45) is 4.18. The number of aromatic nitrogens is 2. The van der Waals surface area contributed by atoms with Gasteiger partial charge in [-0.15, -0.1) is 0 Å². The van der Waals surface area contributed by atoms with Gasteiger partial charge in [0.05, 0.1) is 34.6 Å². The van der Waals surface area contributed by atoms with Crippen LogP contribution < -0.4 is 10.3 Å². The molecule has 2 fully saturated rings. The Bertz CT molecular complexity index is 1160. The second-order valence-corrected chi connectivity index (χ2v) is 10.7. The molecule has 0 amide bonds. The largest absolute Gasteiger partial charge is 0.491 e. The molecule has 174 valence electrons. The molecule has 9 nitrogen and oxygen atoms in total. The second kappa shape index (κ2) is 9.78. The Morgan fingerprint density at radius 3 is 2.62 bits per heavy atom. The Labute approximate surface area is 191 Å². The lowest BCUT2D eigenvalue weighted by Crippen LogP contribution is -2.19. The van der Waals surface area contributed by atoms with Crippen molar-refractivity contribution in [2.45, 2.75) is 32.0 Å². The van der Waals surface area contributed by atoms with Crippen LogP contribution in [0.3, 0.4) is 0 Å². The summed E-state index contributed by atoms with van der Waals surface area (Å²) in [5.74, 6) is 0.748. The van der Waals surface area contributed by atoms with Crippen molar-refractivity contribution < 1.29 is 23.2 Å². The van der Waals surface area contributed by atoms with Crippen molar-refractivity contribution in [1.29, 1.82) is 0 Å². The van der Waals surface area contributed by atoms with Gasteiger partial charge >= 0.3 is 0 Å². The number of nitrogens with zero attached hydrogens (tertiary/aromatic N) is 2. The Hall–Kier alpha value is -2.14. The predicted molar refractivity (Wildman–Crippen MR) is 121 cm³/mol. The van der Waals surface area contributed by atoms with Gasteiger partial charge in [0.2, 0.25) is 5.78 Å². The van der Waals surface area contributed by atoms with E-state index in [9.17, 15) is 13.8 Å². The van der Waals surface area contributed by atoms with Crippen LogP contribution in [0.25, 0.3) is 0 Å². The zero-order chi connectivity index (χ0) is 22.7. The van der Waals surface area contributed by atoms with Gasteiger partial charge in [-0.05, 0) is 25.0 Å². The fourth-order valence-corrected chi connectivity index (χ4v) is 6.27. The minimum absolute atomic E-state index is 0.0254. The number of H-pyrrole nitrogens is 1. The van der Waals surface area contributed by atoms with E-state index in [1.807, 2.05) is 0 Å². The highest BCUT2D eigenvalue weighted by Gasteiger charge is 2.25. The number of rotatable bonds is 7. The van der Waals surface area contributed by atoms with E-state index in [0.717, 1.165) is 19.3 Å². The van der Waals surface area contributed by atoms with E-state index in [-0.39, 0.29) is 34.7 Å². The molecule has 2 saturated heterocycles. The van der Waals surface area contributed by atoms with Crippen molar-refractivity contribution in [2.24, 2.45) is 11.4 Å². The summed E-state index contributed by atoms with van der Waals surface area (Å²) >= 11 is 6.62. The molecule has 0 spiro atoms. The lowest BCUT2D eigenvalue weighted by atomic mass is 10.0. The van der Waals surface area contributed by atoms with Crippen LogP contribution >= 0.6 is 11.6 Å². The fourth-order valence-electron chi connectivity index (χ4n) is 3.72. The minimum atomic E-state index is -2.51. The van der Waals surface area contributed by atoms with Crippen LogP contribution in [0.2, 0.25) is 5.02 Å². The lowest BCUT2D eigenvalue weighted by Gasteiger charge is -2.18. The van der Waals surface area contributed by atoms with Crippen LogP contribution in [0.1, 0.15) is 41.6 Å². The maximum atomic E-state index is 13.3. The number of carbonyl (C=O) groups is 1. The molecule has 0 unspecified atom stereocenters. The molecule has 32 heavy (non-hydrogen) atoms. The molecule has 1 aromatic carbocycles. The number of ketones is 1. The van der Waals surface area contributed by atoms with E-state index in [1.54, 1.807) is 6.07 Å². The third-order valence-corrected chi connectivity index (χ3v) is 8.24. The van der Waals surface area contributed by atoms with Crippen molar-refractivity contribution in [3.05, 3.63) is 44.8 Å². The summed E-state index contributed by atoms with van der Waals surface area (Å²) in [5, 5.41) is 2.71. The molecule has 0 atom stereocenters. The molecule has 0 aliphatic carbocycles. The number of carbonyl (C=O) groups excluding carboxylic acids is 1. The maximum absolute atomic E-state index is 13.3. The topological polar surface area (TPSA) is 112 Å². The van der Waals surface area contributed by atoms with E-state index < -0.39 is 21.1 Å². The Morgan fingerprint density at radius 1 is 1.25 bits per heavy atom. The molecule has 1 aromatic heterocycles. The van der Waals surface area contributed by atoms with Crippen LogP contribution in [-0.2, 0) is 26.3 Å². The zero-order valence-corrected chi connectivity index (χ0v) is 19.4. The normalized spacial score (nSPS) is 18.6. The van der Waals surface area contributed by atoms with Crippen molar-refractivity contribution in [1.82, 2.24) is 9.78 Å². The number of halogens is 1. The first-order valence-corrected chi connectivity index (χ1v) is 12.8. The van der Waals surface area contributed by atoms with Gasteiger partial charge in [-0.25, -0.2) is 4.21 Å². The molecular formula is C21H26ClN3O6S. The first-order chi connectivity index (χ1) is 15.4. The summed E-state index contributed by atoms with van der Waals surface area (Å²) in [6, 6.07) is 3.08. The molecule has 0 bridgehead atoms. The van der Waals surface area contributed by atoms with Gasteiger partial charge in [0.25, 0.3) is 5.56 Å². The highest BCUT2D eigenvalue weighted by atomic mass is 35.5. The molecular weight excluding hydrogens is 458 g/mol. The van der Waals surface area contributed by atoms with E-state index in [4.69, 9.17) is 25.8 Å². The fraction of sp³-hybridized carbons (Fsp3) is 0.524. The Balaban J connectivity index is 1.69. The Kier molecular flexibility index (Phi) is 7.04. The number of hydrogen-bond donors (Lipinski definition) is 1. The van der Waals surface area contributed by atoms with Gasteiger partial charge in [0, 0.05) is 36.7 Å². The van der Waals surface area contributed by atoms with Crippen molar-refractivity contribution in [2.75, 3.05) is 31.3 Å². The molecule has 0 saturated carbocycles. The van der Waals surface area contributed by atoms with Crippen molar-refractivity contribution in [3.63, 3.8) is 0 Å². The predicted octanol–water partition coefficient (Wildman–Crippen LogP) is 3.02. The third-order valence-electron chi connectivity index (χ3n) is 5.49. The molecule has 2 aliphatic heterocycles. The van der Waals surface area contributed by atoms with E-state index in [0.29, 0.717) is 36.9 Å². The third kappa shape index (κ3) is 4.93. The first kappa shape index (κ1) is 23.0. The number of ether oxygens (including phenoxy) is 3. The SMILES string of the molecule is Cn1[nH]cc(C(=O)c2ccc(OCCC3OCCO3)c(N=S3(=O)CCCCC3)c2Cl)c1=O. The highest BCUT2D eigenvalue weighted by molar-refractivity contribution is 7.93. The number of aryl methyl sites for hydroxylation is 1. The van der Waals surface area contributed by atoms with E-state index >= 15 is 0 Å². The summed E-state index contributed by atoms with van der Waals surface area (Å²) in [7, 11) is -0.995. The van der Waals surface area contributed by atoms with Gasteiger partial charge in [0.1, 0.15) is 17.0 Å². The van der Waals surface area contributed by atoms with Gasteiger partial charge < -0.3 is 19.3 Å². The van der Waals surface area contributed by atoms with E-state index in [1.165, 1.54) is 24.0 Å². The van der Waals surface area contributed by atoms with Gasteiger partial charge in [-0.2, -0.15) is 4.36 Å². The van der Waals surface area contributed by atoms with Gasteiger partial charge in [-0.1, -0.05) is 18.0 Å². The average Bonchev–Trinajstić information content (AvgIpc) is 3.41. The number of nitrogens with one attached hydrogen (secondary N) is 1. The van der Waals surface area contributed by atoms with Crippen molar-refractivity contribution >= 4 is 32.8 Å². The van der Waals surface area contributed by atoms with Crippen molar-refractivity contribution in [3.8, 4) is 5.75 Å². The van der Waals surface area contributed by atoms with Crippen LogP contribution in [-0.4, -0.2) is 57.4 Å². The second-order valence-electron chi connectivity index (χ2n) is 7.80. The summed E-state index contributed by atoms with van der Waals surface area (Å²) in [6.45, 7) is 1.37.